The SMILES string of the molecule is CC/C=C\C/C=C\C/C=C\C/C=C\C/C=C\C/C=C\C/C=C\C/C=C\C/C=C\C/C=C\CCCCCCC(=O)NC(COC1OC(CO)C(O)C(O)C1O)C(O)/C=C/CC/C=C/CC/C=C/CCCCCCCCCCCCCCCCCCCCCC. The minimum absolute atomic E-state index is 0.220. The van der Waals surface area contributed by atoms with Crippen LogP contribution < -0.4 is 5.32 Å². The lowest BCUT2D eigenvalue weighted by Gasteiger charge is -2.40. The van der Waals surface area contributed by atoms with E-state index in [-0.39, 0.29) is 12.5 Å². The maximum absolute atomic E-state index is 13.1. The van der Waals surface area contributed by atoms with Crippen LogP contribution in [0.3, 0.4) is 0 Å². The standard InChI is InChI=1S/C79H131NO8/c1-3-5-7-9-11-13-15-17-19-21-23-25-27-29-31-33-35-36-37-38-39-41-43-45-47-49-51-53-55-57-59-61-63-65-67-69-75(83)80-72(71-87-79-78(86)77(85)76(84)74(70-81)88-79)73(82)68-66-64-62-60-58-56-54-52-50-48-46-44-42-40-34-32-30-28-26-24-22-20-18-16-14-12-10-8-6-4-2/h5,7,11,13,17,19,23,25,29,31,35-36,38-39,43,45,49-52,55,57-58,60,66,68,72-74,76-79,81-82,84-86H,3-4,6,8-10,12,14-16,18,20-22,24,26-28,30,32-34,37,40-42,44,46-48,53-54,56,59,61-65,67,69-71H2,1-2H3,(H,80,83)/b7-5-,13-11-,19-17-,25-23-,31-29-,36-35-,39-38-,45-43-,51-49-,52-50+,57-55-,60-58+,68-66+. The number of nitrogens with one attached hydrogen (secondary N) is 1. The molecule has 7 atom stereocenters. The van der Waals surface area contributed by atoms with Crippen molar-refractivity contribution in [2.75, 3.05) is 13.2 Å². The van der Waals surface area contributed by atoms with Crippen LogP contribution in [-0.2, 0) is 14.3 Å². The van der Waals surface area contributed by atoms with Gasteiger partial charge < -0.3 is 40.3 Å². The smallest absolute Gasteiger partial charge is 0.220 e. The third-order valence-corrected chi connectivity index (χ3v) is 15.8. The lowest BCUT2D eigenvalue weighted by molar-refractivity contribution is -0.302. The number of amides is 1. The topological polar surface area (TPSA) is 149 Å². The molecule has 1 aliphatic heterocycles. The Labute approximate surface area is 539 Å². The van der Waals surface area contributed by atoms with Crippen molar-refractivity contribution in [2.24, 2.45) is 0 Å². The number of hydrogen-bond donors (Lipinski definition) is 6. The Morgan fingerprint density at radius 3 is 1.09 bits per heavy atom. The molecule has 9 nitrogen and oxygen atoms in total. The average Bonchev–Trinajstić information content (AvgIpc) is 3.65. The van der Waals surface area contributed by atoms with Gasteiger partial charge in [-0.3, -0.25) is 4.79 Å². The van der Waals surface area contributed by atoms with Crippen LogP contribution in [-0.4, -0.2) is 87.5 Å². The molecule has 6 N–H and O–H groups in total. The van der Waals surface area contributed by atoms with Crippen LogP contribution >= 0.6 is 0 Å². The number of unbranched alkanes of at least 4 members (excludes halogenated alkanes) is 26. The van der Waals surface area contributed by atoms with Crippen molar-refractivity contribution in [3.8, 4) is 0 Å². The number of aliphatic hydroxyl groups excluding tert-OH is 5. The first kappa shape index (κ1) is 81.8. The fraction of sp³-hybridized carbons (Fsp3) is 0.658. The first-order chi connectivity index (χ1) is 43.3. The molecule has 1 aliphatic rings. The number of hydrogen-bond acceptors (Lipinski definition) is 8. The summed E-state index contributed by atoms with van der Waals surface area (Å²) in [6.07, 6.45) is 96.3. The highest BCUT2D eigenvalue weighted by Crippen LogP contribution is 2.23. The maximum Gasteiger partial charge on any atom is 0.220 e. The predicted molar refractivity (Wildman–Crippen MR) is 377 cm³/mol. The second-order valence-electron chi connectivity index (χ2n) is 23.9. The fourth-order valence-corrected chi connectivity index (χ4v) is 10.3. The van der Waals surface area contributed by atoms with E-state index in [2.05, 4.69) is 165 Å². The van der Waals surface area contributed by atoms with Gasteiger partial charge in [0.05, 0.1) is 25.4 Å². The second-order valence-corrected chi connectivity index (χ2v) is 23.9. The van der Waals surface area contributed by atoms with Crippen molar-refractivity contribution in [2.45, 2.75) is 320 Å². The average molecular weight is 1220 g/mol. The highest BCUT2D eigenvalue weighted by Gasteiger charge is 2.44. The van der Waals surface area contributed by atoms with E-state index in [1.165, 1.54) is 128 Å². The fourth-order valence-electron chi connectivity index (χ4n) is 10.3. The van der Waals surface area contributed by atoms with E-state index in [0.29, 0.717) is 19.3 Å². The van der Waals surface area contributed by atoms with Gasteiger partial charge in [-0.2, -0.15) is 0 Å². The molecule has 0 aromatic heterocycles. The summed E-state index contributed by atoms with van der Waals surface area (Å²) >= 11 is 0. The van der Waals surface area contributed by atoms with Crippen molar-refractivity contribution < 1.29 is 39.8 Å². The summed E-state index contributed by atoms with van der Waals surface area (Å²) in [5, 5.41) is 54.7. The number of aliphatic hydroxyl groups is 5. The van der Waals surface area contributed by atoms with Gasteiger partial charge in [0.1, 0.15) is 24.4 Å². The van der Waals surface area contributed by atoms with E-state index < -0.39 is 49.5 Å². The van der Waals surface area contributed by atoms with E-state index in [4.69, 9.17) is 9.47 Å². The van der Waals surface area contributed by atoms with Gasteiger partial charge in [0.25, 0.3) is 0 Å². The normalized spacial score (nSPS) is 18.9. The van der Waals surface area contributed by atoms with Gasteiger partial charge in [0.2, 0.25) is 5.91 Å². The van der Waals surface area contributed by atoms with Crippen molar-refractivity contribution >= 4 is 5.91 Å². The zero-order valence-corrected chi connectivity index (χ0v) is 55.9. The summed E-state index contributed by atoms with van der Waals surface area (Å²) < 4.78 is 11.3. The molecule has 0 aromatic rings. The summed E-state index contributed by atoms with van der Waals surface area (Å²) in [5.74, 6) is -0.220. The van der Waals surface area contributed by atoms with Crippen molar-refractivity contribution in [3.05, 3.63) is 158 Å². The number of carbonyl (C=O) groups excluding carboxylic acids is 1. The van der Waals surface area contributed by atoms with Crippen LogP contribution in [0.25, 0.3) is 0 Å². The molecule has 88 heavy (non-hydrogen) atoms. The van der Waals surface area contributed by atoms with Crippen LogP contribution in [0, 0.1) is 0 Å². The van der Waals surface area contributed by atoms with Crippen LogP contribution in [0.2, 0.25) is 0 Å². The molecule has 0 radical (unpaired) electrons. The molecular formula is C79H131NO8. The lowest BCUT2D eigenvalue weighted by Crippen LogP contribution is -2.60. The summed E-state index contributed by atoms with van der Waals surface area (Å²) in [6, 6.07) is -0.857. The Hall–Kier alpha value is -4.19. The van der Waals surface area contributed by atoms with Gasteiger partial charge in [0, 0.05) is 6.42 Å². The van der Waals surface area contributed by atoms with Crippen molar-refractivity contribution in [1.29, 1.82) is 0 Å². The zero-order chi connectivity index (χ0) is 63.5. The molecule has 1 fully saturated rings. The van der Waals surface area contributed by atoms with Gasteiger partial charge >= 0.3 is 0 Å². The summed E-state index contributed by atoms with van der Waals surface area (Å²) in [7, 11) is 0. The van der Waals surface area contributed by atoms with E-state index in [0.717, 1.165) is 116 Å². The highest BCUT2D eigenvalue weighted by molar-refractivity contribution is 5.76. The number of carbonyl (C=O) groups is 1. The Bertz CT molecular complexity index is 1950. The Morgan fingerprint density at radius 2 is 0.716 bits per heavy atom. The molecule has 1 heterocycles. The van der Waals surface area contributed by atoms with E-state index in [9.17, 15) is 30.3 Å². The summed E-state index contributed by atoms with van der Waals surface area (Å²) in [5.41, 5.74) is 0. The molecule has 0 aliphatic carbocycles. The number of rotatable bonds is 60. The van der Waals surface area contributed by atoms with Gasteiger partial charge in [-0.1, -0.05) is 307 Å². The summed E-state index contributed by atoms with van der Waals surface area (Å²) in [6.45, 7) is 3.64. The lowest BCUT2D eigenvalue weighted by atomic mass is 9.99. The van der Waals surface area contributed by atoms with Gasteiger partial charge in [-0.15, -0.1) is 0 Å². The molecule has 1 saturated heterocycles. The monoisotopic (exact) mass is 1220 g/mol. The third kappa shape index (κ3) is 53.6. The van der Waals surface area contributed by atoms with Crippen LogP contribution in [0.4, 0.5) is 0 Å². The molecule has 0 saturated carbocycles. The largest absolute Gasteiger partial charge is 0.394 e. The molecule has 1 rings (SSSR count). The number of ether oxygens (including phenoxy) is 2. The highest BCUT2D eigenvalue weighted by atomic mass is 16.7. The van der Waals surface area contributed by atoms with Crippen LogP contribution in [0.15, 0.2) is 158 Å². The molecule has 9 heteroatoms. The first-order valence-corrected chi connectivity index (χ1v) is 35.7. The van der Waals surface area contributed by atoms with Crippen LogP contribution in [0.5, 0.6) is 0 Å². The molecule has 7 unspecified atom stereocenters. The third-order valence-electron chi connectivity index (χ3n) is 15.8. The zero-order valence-electron chi connectivity index (χ0n) is 55.9. The molecular weight excluding hydrogens is 1090 g/mol. The number of allylic oxidation sites excluding steroid dienone is 25. The van der Waals surface area contributed by atoms with E-state index in [1.807, 2.05) is 6.08 Å². The van der Waals surface area contributed by atoms with Gasteiger partial charge in [-0.05, 0) is 122 Å². The van der Waals surface area contributed by atoms with Crippen LogP contribution in [0.1, 0.15) is 277 Å². The Balaban J connectivity index is 2.23. The summed E-state index contributed by atoms with van der Waals surface area (Å²) in [4.78, 5) is 13.1. The second kappa shape index (κ2) is 65.8. The maximum atomic E-state index is 13.1. The van der Waals surface area contributed by atoms with Gasteiger partial charge in [-0.25, -0.2) is 0 Å². The molecule has 0 aromatic carbocycles. The van der Waals surface area contributed by atoms with Crippen molar-refractivity contribution in [1.82, 2.24) is 5.32 Å². The Kier molecular flexibility index (Phi) is 61.1. The Morgan fingerprint density at radius 1 is 0.398 bits per heavy atom. The minimum atomic E-state index is -1.59. The first-order valence-electron chi connectivity index (χ1n) is 35.7. The minimum Gasteiger partial charge on any atom is -0.394 e. The molecule has 0 spiro atoms. The molecule has 0 bridgehead atoms. The molecule has 1 amide bonds. The van der Waals surface area contributed by atoms with E-state index >= 15 is 0 Å². The van der Waals surface area contributed by atoms with E-state index in [1.54, 1.807) is 6.08 Å². The van der Waals surface area contributed by atoms with Gasteiger partial charge in [0.15, 0.2) is 6.29 Å². The molecule has 500 valence electrons. The predicted octanol–water partition coefficient (Wildman–Crippen LogP) is 19.9. The van der Waals surface area contributed by atoms with Crippen molar-refractivity contribution in [3.63, 3.8) is 0 Å². The quantitative estimate of drug-likeness (QED) is 0.0261.